The van der Waals surface area contributed by atoms with Crippen LogP contribution in [-0.2, 0) is 20.7 Å². The third kappa shape index (κ3) is 2.46. The van der Waals surface area contributed by atoms with Crippen LogP contribution >= 0.6 is 0 Å². The molecule has 104 valence electrons. The Bertz CT molecular complexity index is 569. The number of ketones is 1. The van der Waals surface area contributed by atoms with Crippen molar-refractivity contribution in [3.63, 3.8) is 0 Å². The zero-order valence-electron chi connectivity index (χ0n) is 11.0. The molecule has 20 heavy (non-hydrogen) atoms. The fraction of sp³-hybridized carbons (Fsp3) is 0.375. The highest BCUT2D eigenvalue weighted by Gasteiger charge is 2.43. The molecule has 1 aromatic rings. The average Bonchev–Trinajstić information content (AvgIpc) is 3.25. The van der Waals surface area contributed by atoms with Crippen LogP contribution in [0.1, 0.15) is 24.8 Å². The second-order valence-electron chi connectivity index (χ2n) is 5.32. The van der Waals surface area contributed by atoms with Gasteiger partial charge in [0.2, 0.25) is 5.78 Å². The molecule has 1 aromatic carbocycles. The molecule has 1 N–H and O–H groups in total. The van der Waals surface area contributed by atoms with Crippen molar-refractivity contribution in [2.24, 2.45) is 5.92 Å². The summed E-state index contributed by atoms with van der Waals surface area (Å²) in [6.45, 7) is 0. The molecular weight excluding hydrogens is 256 g/mol. The van der Waals surface area contributed by atoms with Crippen molar-refractivity contribution < 1.29 is 19.4 Å². The molecule has 1 atom stereocenters. The lowest BCUT2D eigenvalue weighted by Gasteiger charge is -2.06. The molecule has 1 heterocycles. The number of carbonyl (C=O) groups is 2. The second kappa shape index (κ2) is 5.12. The van der Waals surface area contributed by atoms with Gasteiger partial charge in [-0.25, -0.2) is 4.79 Å². The van der Waals surface area contributed by atoms with Gasteiger partial charge in [0.25, 0.3) is 0 Å². The van der Waals surface area contributed by atoms with E-state index in [1.807, 2.05) is 30.3 Å². The van der Waals surface area contributed by atoms with E-state index in [-0.39, 0.29) is 23.0 Å². The number of aliphatic hydroxyl groups is 1. The smallest absolute Gasteiger partial charge is 0.346 e. The van der Waals surface area contributed by atoms with Crippen LogP contribution in [0.5, 0.6) is 0 Å². The van der Waals surface area contributed by atoms with Gasteiger partial charge in [-0.2, -0.15) is 0 Å². The van der Waals surface area contributed by atoms with Gasteiger partial charge in [-0.3, -0.25) is 4.79 Å². The summed E-state index contributed by atoms with van der Waals surface area (Å²) in [5.74, 6) is -1.12. The van der Waals surface area contributed by atoms with Crippen LogP contribution in [0.15, 0.2) is 41.7 Å². The Morgan fingerprint density at radius 3 is 2.55 bits per heavy atom. The molecule has 2 aliphatic rings. The zero-order valence-corrected chi connectivity index (χ0v) is 11.0. The minimum atomic E-state index is -0.751. The molecule has 1 saturated heterocycles. The summed E-state index contributed by atoms with van der Waals surface area (Å²) in [6.07, 6.45) is 2.05. The molecular formula is C16H16O4. The van der Waals surface area contributed by atoms with Crippen molar-refractivity contribution in [2.75, 3.05) is 0 Å². The molecule has 1 saturated carbocycles. The fourth-order valence-electron chi connectivity index (χ4n) is 2.43. The SMILES string of the molecule is O=C1OC(CCc2ccccc2)C(=O)/C1=C(\O)C1CC1. The molecule has 0 spiro atoms. The van der Waals surface area contributed by atoms with E-state index in [4.69, 9.17) is 4.74 Å². The Kier molecular flexibility index (Phi) is 3.30. The highest BCUT2D eigenvalue weighted by atomic mass is 16.6. The maximum atomic E-state index is 12.1. The first-order chi connectivity index (χ1) is 9.66. The van der Waals surface area contributed by atoms with Gasteiger partial charge in [0.05, 0.1) is 0 Å². The van der Waals surface area contributed by atoms with E-state index in [2.05, 4.69) is 0 Å². The number of carbonyl (C=O) groups excluding carboxylic acids is 2. The van der Waals surface area contributed by atoms with E-state index in [0.717, 1.165) is 18.4 Å². The topological polar surface area (TPSA) is 63.6 Å². The first-order valence-corrected chi connectivity index (χ1v) is 6.89. The van der Waals surface area contributed by atoms with Crippen LogP contribution in [0.2, 0.25) is 0 Å². The maximum absolute atomic E-state index is 12.1. The number of aryl methyl sites for hydroxylation is 1. The molecule has 0 aromatic heterocycles. The van der Waals surface area contributed by atoms with Crippen LogP contribution in [0.3, 0.4) is 0 Å². The molecule has 0 bridgehead atoms. The van der Waals surface area contributed by atoms with Crippen molar-refractivity contribution in [2.45, 2.75) is 31.8 Å². The monoisotopic (exact) mass is 272 g/mol. The zero-order chi connectivity index (χ0) is 14.1. The summed E-state index contributed by atoms with van der Waals surface area (Å²) < 4.78 is 5.10. The lowest BCUT2D eigenvalue weighted by atomic mass is 10.0. The van der Waals surface area contributed by atoms with E-state index in [9.17, 15) is 14.7 Å². The molecule has 4 heteroatoms. The van der Waals surface area contributed by atoms with Crippen molar-refractivity contribution in [1.82, 2.24) is 0 Å². The number of benzene rings is 1. The maximum Gasteiger partial charge on any atom is 0.346 e. The minimum Gasteiger partial charge on any atom is -0.511 e. The second-order valence-corrected chi connectivity index (χ2v) is 5.32. The summed E-state index contributed by atoms with van der Waals surface area (Å²) in [5, 5.41) is 9.89. The fourth-order valence-corrected chi connectivity index (χ4v) is 2.43. The Morgan fingerprint density at radius 1 is 1.20 bits per heavy atom. The number of allylic oxidation sites excluding steroid dienone is 1. The van der Waals surface area contributed by atoms with Crippen molar-refractivity contribution in [3.8, 4) is 0 Å². The standard InChI is InChI=1S/C16H16O4/c17-14(11-7-8-11)13-15(18)12(20-16(13)19)9-6-10-4-2-1-3-5-10/h1-5,11-12,17H,6-9H2/b14-13+. The summed E-state index contributed by atoms with van der Waals surface area (Å²) in [7, 11) is 0. The van der Waals surface area contributed by atoms with Crippen molar-refractivity contribution in [3.05, 3.63) is 47.2 Å². The molecule has 2 fully saturated rings. The summed E-state index contributed by atoms with van der Waals surface area (Å²) in [6, 6.07) is 9.74. The van der Waals surface area contributed by atoms with Gasteiger partial charge in [0.1, 0.15) is 11.3 Å². The van der Waals surface area contributed by atoms with Crippen LogP contribution in [-0.4, -0.2) is 23.0 Å². The predicted molar refractivity (Wildman–Crippen MR) is 72.0 cm³/mol. The van der Waals surface area contributed by atoms with Gasteiger partial charge in [0, 0.05) is 5.92 Å². The Labute approximate surface area is 117 Å². The lowest BCUT2D eigenvalue weighted by Crippen LogP contribution is -2.17. The number of esters is 1. The average molecular weight is 272 g/mol. The Morgan fingerprint density at radius 2 is 1.90 bits per heavy atom. The van der Waals surface area contributed by atoms with E-state index < -0.39 is 12.1 Å². The summed E-state index contributed by atoms with van der Waals surface area (Å²) in [4.78, 5) is 23.9. The molecule has 0 amide bonds. The van der Waals surface area contributed by atoms with Crippen molar-refractivity contribution in [1.29, 1.82) is 0 Å². The van der Waals surface area contributed by atoms with Gasteiger partial charge >= 0.3 is 5.97 Å². The summed E-state index contributed by atoms with van der Waals surface area (Å²) >= 11 is 0. The first-order valence-electron chi connectivity index (χ1n) is 6.89. The quantitative estimate of drug-likeness (QED) is 0.395. The van der Waals surface area contributed by atoms with Gasteiger partial charge < -0.3 is 9.84 Å². The molecule has 3 rings (SSSR count). The molecule has 4 nitrogen and oxygen atoms in total. The first kappa shape index (κ1) is 12.9. The molecule has 1 aliphatic carbocycles. The predicted octanol–water partition coefficient (Wildman–Crippen LogP) is 2.34. The Hall–Kier alpha value is -2.10. The van der Waals surface area contributed by atoms with Gasteiger partial charge in [0.15, 0.2) is 6.10 Å². The number of ether oxygens (including phenoxy) is 1. The summed E-state index contributed by atoms with van der Waals surface area (Å²) in [5.41, 5.74) is 0.978. The largest absolute Gasteiger partial charge is 0.511 e. The highest BCUT2D eigenvalue weighted by molar-refractivity contribution is 6.23. The third-order valence-electron chi connectivity index (χ3n) is 3.75. The van der Waals surface area contributed by atoms with E-state index >= 15 is 0 Å². The molecule has 1 unspecified atom stereocenters. The minimum absolute atomic E-state index is 0.0191. The number of rotatable bonds is 4. The lowest BCUT2D eigenvalue weighted by molar-refractivity contribution is -0.141. The normalized spacial score (nSPS) is 24.7. The number of hydrogen-bond acceptors (Lipinski definition) is 4. The van der Waals surface area contributed by atoms with Crippen LogP contribution in [0.25, 0.3) is 0 Å². The Balaban J connectivity index is 1.69. The van der Waals surface area contributed by atoms with Crippen LogP contribution in [0, 0.1) is 5.92 Å². The highest BCUT2D eigenvalue weighted by Crippen LogP contribution is 2.38. The molecule has 0 radical (unpaired) electrons. The van der Waals surface area contributed by atoms with Crippen LogP contribution in [0.4, 0.5) is 0 Å². The van der Waals surface area contributed by atoms with E-state index in [1.54, 1.807) is 0 Å². The van der Waals surface area contributed by atoms with E-state index in [1.165, 1.54) is 0 Å². The number of Topliss-reactive ketones (excluding diaryl/α,β-unsaturated/α-hetero) is 1. The van der Waals surface area contributed by atoms with Gasteiger partial charge in [-0.05, 0) is 31.2 Å². The molecule has 1 aliphatic heterocycles. The number of hydrogen-bond donors (Lipinski definition) is 1. The van der Waals surface area contributed by atoms with Crippen LogP contribution < -0.4 is 0 Å². The van der Waals surface area contributed by atoms with Crippen molar-refractivity contribution >= 4 is 11.8 Å². The van der Waals surface area contributed by atoms with E-state index in [0.29, 0.717) is 12.8 Å². The number of cyclic esters (lactones) is 1. The third-order valence-corrected chi connectivity index (χ3v) is 3.75. The van der Waals surface area contributed by atoms with Gasteiger partial charge in [-0.1, -0.05) is 30.3 Å². The number of aliphatic hydroxyl groups excluding tert-OH is 1. The van der Waals surface area contributed by atoms with Gasteiger partial charge in [-0.15, -0.1) is 0 Å².